The molecule has 9 heavy (non-hydrogen) atoms. The number of hydrogen-bond acceptors (Lipinski definition) is 1. The van der Waals surface area contributed by atoms with E-state index in [0.717, 1.165) is 32.1 Å². The molecule has 0 saturated heterocycles. The average molecular weight is 126 g/mol. The molecule has 1 aliphatic carbocycles. The molecule has 0 aromatic heterocycles. The van der Waals surface area contributed by atoms with Gasteiger partial charge in [-0.2, -0.15) is 0 Å². The van der Waals surface area contributed by atoms with Gasteiger partial charge in [0.25, 0.3) is 0 Å². The average Bonchev–Trinajstić information content (AvgIpc) is 1.79. The van der Waals surface area contributed by atoms with E-state index >= 15 is 0 Å². The summed E-state index contributed by atoms with van der Waals surface area (Å²) in [5, 5.41) is 9.18. The predicted molar refractivity (Wildman–Crippen MR) is 38.2 cm³/mol. The van der Waals surface area contributed by atoms with Gasteiger partial charge < -0.3 is 5.11 Å². The fourth-order valence-corrected chi connectivity index (χ4v) is 1.14. The first-order chi connectivity index (χ1) is 4.39. The molecule has 0 aromatic carbocycles. The summed E-state index contributed by atoms with van der Waals surface area (Å²) >= 11 is 0. The molecule has 1 aliphatic rings. The Bertz CT molecular complexity index is 96.7. The number of hydrogen-bond donors (Lipinski definition) is 1. The van der Waals surface area contributed by atoms with E-state index in [-0.39, 0.29) is 6.10 Å². The van der Waals surface area contributed by atoms with Crippen LogP contribution in [0.2, 0.25) is 0 Å². The highest BCUT2D eigenvalue weighted by molar-refractivity contribution is 4.84. The van der Waals surface area contributed by atoms with Crippen molar-refractivity contribution in [1.82, 2.24) is 0 Å². The molecule has 1 atom stereocenters. The number of allylic oxidation sites excluding steroid dienone is 2. The van der Waals surface area contributed by atoms with Gasteiger partial charge in [-0.3, -0.25) is 0 Å². The highest BCUT2D eigenvalue weighted by atomic mass is 16.3. The zero-order valence-electron chi connectivity index (χ0n) is 5.71. The van der Waals surface area contributed by atoms with Crippen LogP contribution < -0.4 is 0 Å². The minimum Gasteiger partial charge on any atom is -0.393 e. The molecule has 1 N–H and O–H groups in total. The Morgan fingerprint density at radius 1 is 1.11 bits per heavy atom. The van der Waals surface area contributed by atoms with Crippen LogP contribution in [-0.2, 0) is 0 Å². The summed E-state index contributed by atoms with van der Waals surface area (Å²) in [4.78, 5) is 0. The van der Waals surface area contributed by atoms with Crippen molar-refractivity contribution >= 4 is 0 Å². The Morgan fingerprint density at radius 3 is 2.78 bits per heavy atom. The Labute approximate surface area is 56.4 Å². The second-order valence-corrected chi connectivity index (χ2v) is 2.63. The van der Waals surface area contributed by atoms with Crippen molar-refractivity contribution in [2.75, 3.05) is 0 Å². The van der Waals surface area contributed by atoms with Gasteiger partial charge in [-0.05, 0) is 32.1 Å². The van der Waals surface area contributed by atoms with Crippen molar-refractivity contribution in [2.45, 2.75) is 38.2 Å². The van der Waals surface area contributed by atoms with Crippen LogP contribution in [0.1, 0.15) is 32.1 Å². The van der Waals surface area contributed by atoms with E-state index in [1.54, 1.807) is 0 Å². The van der Waals surface area contributed by atoms with Crippen LogP contribution in [0.3, 0.4) is 0 Å². The molecule has 52 valence electrons. The van der Waals surface area contributed by atoms with E-state index in [4.69, 9.17) is 0 Å². The fourth-order valence-electron chi connectivity index (χ4n) is 1.14. The van der Waals surface area contributed by atoms with E-state index in [0.29, 0.717) is 0 Å². The van der Waals surface area contributed by atoms with Gasteiger partial charge in [0.05, 0.1) is 6.10 Å². The number of rotatable bonds is 0. The lowest BCUT2D eigenvalue weighted by Gasteiger charge is -2.09. The van der Waals surface area contributed by atoms with Crippen LogP contribution in [0, 0.1) is 0 Å². The van der Waals surface area contributed by atoms with Gasteiger partial charge in [0.2, 0.25) is 0 Å². The van der Waals surface area contributed by atoms with Crippen molar-refractivity contribution in [3.05, 3.63) is 12.2 Å². The molecule has 1 nitrogen and oxygen atoms in total. The normalized spacial score (nSPS) is 32.8. The van der Waals surface area contributed by atoms with Crippen molar-refractivity contribution in [2.24, 2.45) is 0 Å². The predicted octanol–water partition coefficient (Wildman–Crippen LogP) is 1.87. The van der Waals surface area contributed by atoms with Crippen LogP contribution in [0.25, 0.3) is 0 Å². The summed E-state index contributed by atoms with van der Waals surface area (Å²) in [5.74, 6) is 0. The SMILES string of the molecule is O[C@@H]1CC/C=C\CCC1. The highest BCUT2D eigenvalue weighted by Crippen LogP contribution is 2.11. The maximum absolute atomic E-state index is 9.18. The largest absolute Gasteiger partial charge is 0.393 e. The first-order valence-electron chi connectivity index (χ1n) is 3.72. The van der Waals surface area contributed by atoms with Gasteiger partial charge in [0.15, 0.2) is 0 Å². The molecule has 0 aliphatic heterocycles. The van der Waals surface area contributed by atoms with Crippen LogP contribution >= 0.6 is 0 Å². The topological polar surface area (TPSA) is 20.2 Å². The third kappa shape index (κ3) is 2.66. The summed E-state index contributed by atoms with van der Waals surface area (Å²) in [6.45, 7) is 0. The molecule has 0 unspecified atom stereocenters. The second kappa shape index (κ2) is 3.67. The van der Waals surface area contributed by atoms with E-state index in [9.17, 15) is 5.11 Å². The lowest BCUT2D eigenvalue weighted by molar-refractivity contribution is 0.152. The molecule has 0 heterocycles. The molecule has 1 rings (SSSR count). The van der Waals surface area contributed by atoms with Crippen molar-refractivity contribution in [1.29, 1.82) is 0 Å². The van der Waals surface area contributed by atoms with Gasteiger partial charge in [0.1, 0.15) is 0 Å². The number of aliphatic hydroxyl groups excluding tert-OH is 1. The van der Waals surface area contributed by atoms with E-state index in [1.165, 1.54) is 0 Å². The number of aliphatic hydroxyl groups is 1. The maximum atomic E-state index is 9.18. The maximum Gasteiger partial charge on any atom is 0.0543 e. The van der Waals surface area contributed by atoms with Crippen LogP contribution in [0.5, 0.6) is 0 Å². The minimum absolute atomic E-state index is 0.0325. The van der Waals surface area contributed by atoms with Gasteiger partial charge >= 0.3 is 0 Å². The quantitative estimate of drug-likeness (QED) is 0.491. The molecule has 0 amide bonds. The Kier molecular flexibility index (Phi) is 2.78. The molecule has 0 saturated carbocycles. The summed E-state index contributed by atoms with van der Waals surface area (Å²) in [5.41, 5.74) is 0. The Morgan fingerprint density at radius 2 is 1.89 bits per heavy atom. The molecule has 0 aromatic rings. The van der Waals surface area contributed by atoms with Crippen LogP contribution in [0.15, 0.2) is 12.2 Å². The molecule has 1 heteroatoms. The van der Waals surface area contributed by atoms with Crippen molar-refractivity contribution < 1.29 is 5.11 Å². The monoisotopic (exact) mass is 126 g/mol. The smallest absolute Gasteiger partial charge is 0.0543 e. The Balaban J connectivity index is 2.27. The molecular formula is C8H14O. The third-order valence-corrected chi connectivity index (χ3v) is 1.74. The zero-order chi connectivity index (χ0) is 6.53. The van der Waals surface area contributed by atoms with Crippen molar-refractivity contribution in [3.63, 3.8) is 0 Å². The molecule has 0 bridgehead atoms. The summed E-state index contributed by atoms with van der Waals surface area (Å²) in [7, 11) is 0. The summed E-state index contributed by atoms with van der Waals surface area (Å²) in [6.07, 6.45) is 9.65. The fraction of sp³-hybridized carbons (Fsp3) is 0.750. The van der Waals surface area contributed by atoms with Gasteiger partial charge in [-0.25, -0.2) is 0 Å². The summed E-state index contributed by atoms with van der Waals surface area (Å²) in [6, 6.07) is 0. The lowest BCUT2D eigenvalue weighted by Crippen LogP contribution is -2.06. The van der Waals surface area contributed by atoms with E-state index < -0.39 is 0 Å². The molecule has 0 fully saturated rings. The molecule has 0 spiro atoms. The second-order valence-electron chi connectivity index (χ2n) is 2.63. The summed E-state index contributed by atoms with van der Waals surface area (Å²) < 4.78 is 0. The molecule has 0 radical (unpaired) electrons. The minimum atomic E-state index is -0.0325. The van der Waals surface area contributed by atoms with Gasteiger partial charge in [0, 0.05) is 0 Å². The van der Waals surface area contributed by atoms with Gasteiger partial charge in [-0.15, -0.1) is 0 Å². The van der Waals surface area contributed by atoms with Crippen LogP contribution in [0.4, 0.5) is 0 Å². The first kappa shape index (κ1) is 6.81. The lowest BCUT2D eigenvalue weighted by atomic mass is 10.0. The van der Waals surface area contributed by atoms with Crippen LogP contribution in [-0.4, -0.2) is 11.2 Å². The zero-order valence-corrected chi connectivity index (χ0v) is 5.71. The molecular weight excluding hydrogens is 112 g/mol. The first-order valence-corrected chi connectivity index (χ1v) is 3.72. The third-order valence-electron chi connectivity index (χ3n) is 1.74. The van der Waals surface area contributed by atoms with Crippen molar-refractivity contribution in [3.8, 4) is 0 Å². The van der Waals surface area contributed by atoms with Gasteiger partial charge in [-0.1, -0.05) is 12.2 Å². The van der Waals surface area contributed by atoms with E-state index in [2.05, 4.69) is 12.2 Å². The van der Waals surface area contributed by atoms with E-state index in [1.807, 2.05) is 0 Å². The highest BCUT2D eigenvalue weighted by Gasteiger charge is 2.02. The Hall–Kier alpha value is -0.300. The standard InChI is InChI=1S/C8H14O/c9-8-6-4-2-1-3-5-7-8/h1-2,8-9H,3-7H2/b2-1-/t8-/m1/s1.